The maximum absolute atomic E-state index is 11.7. The fourth-order valence-corrected chi connectivity index (χ4v) is 2.64. The Hall–Kier alpha value is -2.62. The van der Waals surface area contributed by atoms with Crippen molar-refractivity contribution in [2.24, 2.45) is 0 Å². The van der Waals surface area contributed by atoms with E-state index in [-0.39, 0.29) is 17.9 Å². The van der Waals surface area contributed by atoms with E-state index in [4.69, 9.17) is 0 Å². The number of rotatable bonds is 5. The predicted octanol–water partition coefficient (Wildman–Crippen LogP) is 3.00. The molecule has 0 aromatic heterocycles. The summed E-state index contributed by atoms with van der Waals surface area (Å²) in [4.78, 5) is 23.2. The lowest BCUT2D eigenvalue weighted by Gasteiger charge is -2.15. The minimum Gasteiger partial charge on any atom is -0.383 e. The number of hydrogen-bond acceptors (Lipinski definition) is 3. The van der Waals surface area contributed by atoms with Crippen LogP contribution in [0.15, 0.2) is 48.5 Å². The molecule has 22 heavy (non-hydrogen) atoms. The Kier molecular flexibility index (Phi) is 3.92. The van der Waals surface area contributed by atoms with Crippen molar-refractivity contribution in [2.75, 3.05) is 5.32 Å². The number of benzene rings is 2. The minimum atomic E-state index is -0.319. The van der Waals surface area contributed by atoms with Crippen molar-refractivity contribution >= 4 is 17.5 Å². The maximum Gasteiger partial charge on any atom is 0.259 e. The molecule has 1 atom stereocenters. The summed E-state index contributed by atoms with van der Waals surface area (Å²) in [6.45, 7) is 2.11. The summed E-state index contributed by atoms with van der Waals surface area (Å²) in [7, 11) is 0. The van der Waals surface area contributed by atoms with Gasteiger partial charge < -0.3 is 5.32 Å². The fraction of sp³-hybridized carbons (Fsp3) is 0.222. The lowest BCUT2D eigenvalue weighted by atomic mass is 10.1. The summed E-state index contributed by atoms with van der Waals surface area (Å²) in [5.74, 6) is -0.635. The Morgan fingerprint density at radius 3 is 2.50 bits per heavy atom. The van der Waals surface area contributed by atoms with Gasteiger partial charge in [0.25, 0.3) is 11.8 Å². The van der Waals surface area contributed by atoms with Gasteiger partial charge in [0.2, 0.25) is 0 Å². The molecule has 0 fully saturated rings. The smallest absolute Gasteiger partial charge is 0.259 e. The third kappa shape index (κ3) is 3.01. The second-order valence-electron chi connectivity index (χ2n) is 5.61. The lowest BCUT2D eigenvalue weighted by molar-refractivity contribution is 0.0879. The molecule has 2 amide bonds. The number of amides is 2. The van der Waals surface area contributed by atoms with E-state index in [9.17, 15) is 9.59 Å². The number of fused-ring (bicyclic) bond motifs is 1. The summed E-state index contributed by atoms with van der Waals surface area (Å²) < 4.78 is 0. The molecule has 2 aromatic carbocycles. The van der Waals surface area contributed by atoms with Crippen LogP contribution in [0.1, 0.15) is 39.6 Å². The van der Waals surface area contributed by atoms with Crippen LogP contribution in [0.4, 0.5) is 5.69 Å². The molecule has 0 radical (unpaired) electrons. The molecule has 0 bridgehead atoms. The Labute approximate surface area is 129 Å². The highest BCUT2D eigenvalue weighted by Gasteiger charge is 2.26. The van der Waals surface area contributed by atoms with E-state index >= 15 is 0 Å². The SMILES string of the molecule is CC(CCc1ccccc1)Nc1ccc2c(c1)C(=O)NC2=O. The van der Waals surface area contributed by atoms with Crippen LogP contribution in [0.2, 0.25) is 0 Å². The number of aryl methyl sites for hydroxylation is 1. The Balaban J connectivity index is 1.62. The quantitative estimate of drug-likeness (QED) is 0.833. The van der Waals surface area contributed by atoms with Gasteiger partial charge in [-0.15, -0.1) is 0 Å². The molecule has 0 spiro atoms. The van der Waals surface area contributed by atoms with Crippen molar-refractivity contribution in [3.63, 3.8) is 0 Å². The number of hydrogen-bond donors (Lipinski definition) is 2. The first-order valence-electron chi connectivity index (χ1n) is 7.43. The van der Waals surface area contributed by atoms with Gasteiger partial charge in [-0.1, -0.05) is 30.3 Å². The minimum absolute atomic E-state index is 0.276. The monoisotopic (exact) mass is 294 g/mol. The van der Waals surface area contributed by atoms with E-state index in [1.54, 1.807) is 12.1 Å². The van der Waals surface area contributed by atoms with Gasteiger partial charge in [0.1, 0.15) is 0 Å². The predicted molar refractivity (Wildman–Crippen MR) is 86.1 cm³/mol. The lowest BCUT2D eigenvalue weighted by Crippen LogP contribution is -2.20. The van der Waals surface area contributed by atoms with E-state index in [1.807, 2.05) is 24.3 Å². The molecule has 112 valence electrons. The summed E-state index contributed by atoms with van der Waals surface area (Å²) in [6.07, 6.45) is 1.99. The van der Waals surface area contributed by atoms with E-state index in [2.05, 4.69) is 29.7 Å². The summed E-state index contributed by atoms with van der Waals surface area (Å²) in [6, 6.07) is 15.9. The first-order chi connectivity index (χ1) is 10.6. The van der Waals surface area contributed by atoms with Crippen LogP contribution in [0.5, 0.6) is 0 Å². The van der Waals surface area contributed by atoms with Crippen molar-refractivity contribution in [3.05, 3.63) is 65.2 Å². The van der Waals surface area contributed by atoms with Gasteiger partial charge in [-0.25, -0.2) is 0 Å². The van der Waals surface area contributed by atoms with Crippen LogP contribution >= 0.6 is 0 Å². The van der Waals surface area contributed by atoms with Gasteiger partial charge in [-0.3, -0.25) is 14.9 Å². The molecular weight excluding hydrogens is 276 g/mol. The summed E-state index contributed by atoms with van der Waals surface area (Å²) in [5.41, 5.74) is 3.08. The fourth-order valence-electron chi connectivity index (χ4n) is 2.64. The van der Waals surface area contributed by atoms with Crippen molar-refractivity contribution in [1.29, 1.82) is 0 Å². The Morgan fingerprint density at radius 1 is 1.00 bits per heavy atom. The van der Waals surface area contributed by atoms with Gasteiger partial charge in [0.15, 0.2) is 0 Å². The molecule has 1 unspecified atom stereocenters. The van der Waals surface area contributed by atoms with Crippen LogP contribution in [0, 0.1) is 0 Å². The normalized spacial score (nSPS) is 14.4. The van der Waals surface area contributed by atoms with E-state index < -0.39 is 0 Å². The number of carbonyl (C=O) groups is 2. The molecule has 4 heteroatoms. The van der Waals surface area contributed by atoms with Gasteiger partial charge in [0.05, 0.1) is 11.1 Å². The number of nitrogens with one attached hydrogen (secondary N) is 2. The molecular formula is C18H18N2O2. The van der Waals surface area contributed by atoms with Crippen LogP contribution in [0.25, 0.3) is 0 Å². The molecule has 0 saturated carbocycles. The van der Waals surface area contributed by atoms with Crippen LogP contribution in [-0.4, -0.2) is 17.9 Å². The summed E-state index contributed by atoms with van der Waals surface area (Å²) in [5, 5.41) is 5.69. The first kappa shape index (κ1) is 14.3. The standard InChI is InChI=1S/C18H18N2O2/c1-12(7-8-13-5-3-2-4-6-13)19-14-9-10-15-16(11-14)18(22)20-17(15)21/h2-6,9-12,19H,7-8H2,1H3,(H,20,21,22). The third-order valence-corrected chi connectivity index (χ3v) is 3.86. The third-order valence-electron chi connectivity index (χ3n) is 3.86. The van der Waals surface area contributed by atoms with E-state index in [0.717, 1.165) is 18.5 Å². The molecule has 1 heterocycles. The average Bonchev–Trinajstić information content (AvgIpc) is 2.81. The highest BCUT2D eigenvalue weighted by Crippen LogP contribution is 2.21. The molecule has 0 saturated heterocycles. The zero-order valence-corrected chi connectivity index (χ0v) is 12.4. The molecule has 2 N–H and O–H groups in total. The first-order valence-corrected chi connectivity index (χ1v) is 7.43. The molecule has 4 nitrogen and oxygen atoms in total. The molecule has 1 aliphatic heterocycles. The Morgan fingerprint density at radius 2 is 1.73 bits per heavy atom. The van der Waals surface area contributed by atoms with Crippen molar-refractivity contribution in [1.82, 2.24) is 5.32 Å². The topological polar surface area (TPSA) is 58.2 Å². The number of imide groups is 1. The second-order valence-corrected chi connectivity index (χ2v) is 5.61. The van der Waals surface area contributed by atoms with Gasteiger partial charge in [-0.05, 0) is 43.5 Å². The summed E-state index contributed by atoms with van der Waals surface area (Å²) >= 11 is 0. The molecule has 3 rings (SSSR count). The van der Waals surface area contributed by atoms with Crippen molar-refractivity contribution < 1.29 is 9.59 Å². The van der Waals surface area contributed by atoms with Gasteiger partial charge >= 0.3 is 0 Å². The largest absolute Gasteiger partial charge is 0.383 e. The second kappa shape index (κ2) is 6.02. The van der Waals surface area contributed by atoms with Crippen LogP contribution < -0.4 is 10.6 Å². The number of carbonyl (C=O) groups excluding carboxylic acids is 2. The van der Waals surface area contributed by atoms with Gasteiger partial charge in [0, 0.05) is 11.7 Å². The number of anilines is 1. The van der Waals surface area contributed by atoms with Crippen molar-refractivity contribution in [3.8, 4) is 0 Å². The van der Waals surface area contributed by atoms with E-state index in [0.29, 0.717) is 11.1 Å². The molecule has 2 aromatic rings. The van der Waals surface area contributed by atoms with Crippen LogP contribution in [0.3, 0.4) is 0 Å². The van der Waals surface area contributed by atoms with E-state index in [1.165, 1.54) is 5.56 Å². The highest BCUT2D eigenvalue weighted by atomic mass is 16.2. The maximum atomic E-state index is 11.7. The zero-order chi connectivity index (χ0) is 15.5. The molecule has 0 aliphatic carbocycles. The van der Waals surface area contributed by atoms with Crippen LogP contribution in [-0.2, 0) is 6.42 Å². The zero-order valence-electron chi connectivity index (χ0n) is 12.4. The Bertz CT molecular complexity index is 710. The highest BCUT2D eigenvalue weighted by molar-refractivity contribution is 6.21. The van der Waals surface area contributed by atoms with Gasteiger partial charge in [-0.2, -0.15) is 0 Å². The van der Waals surface area contributed by atoms with Crippen molar-refractivity contribution in [2.45, 2.75) is 25.8 Å². The average molecular weight is 294 g/mol. The molecule has 1 aliphatic rings.